The summed E-state index contributed by atoms with van der Waals surface area (Å²) in [7, 11) is 0. The first kappa shape index (κ1) is 17.1. The Morgan fingerprint density at radius 2 is 2.04 bits per heavy atom. The summed E-state index contributed by atoms with van der Waals surface area (Å²) in [4.78, 5) is 37.1. The Labute approximate surface area is 152 Å². The number of aromatic nitrogens is 2. The minimum absolute atomic E-state index is 0.00584. The summed E-state index contributed by atoms with van der Waals surface area (Å²) in [6.45, 7) is 9.05. The zero-order valence-electron chi connectivity index (χ0n) is 15.7. The van der Waals surface area contributed by atoms with Gasteiger partial charge in [0.15, 0.2) is 0 Å². The summed E-state index contributed by atoms with van der Waals surface area (Å²) in [6, 6.07) is 0.352. The molecule has 2 bridgehead atoms. The van der Waals surface area contributed by atoms with Crippen LogP contribution in [0.25, 0.3) is 0 Å². The third-order valence-corrected chi connectivity index (χ3v) is 5.25. The molecule has 1 aromatic rings. The van der Waals surface area contributed by atoms with E-state index in [1.807, 2.05) is 32.6 Å². The average Bonchev–Trinajstić information content (AvgIpc) is 3.12. The van der Waals surface area contributed by atoms with Crippen molar-refractivity contribution in [3.8, 4) is 0 Å². The molecular formula is C18H25N5O3. The fourth-order valence-corrected chi connectivity index (χ4v) is 4.20. The molecule has 2 fully saturated rings. The summed E-state index contributed by atoms with van der Waals surface area (Å²) in [6.07, 6.45) is 2.62. The number of amides is 2. The first-order valence-electron chi connectivity index (χ1n) is 9.14. The van der Waals surface area contributed by atoms with Crippen LogP contribution in [0.4, 0.5) is 16.4 Å². The fraction of sp³-hybridized carbons (Fsp3) is 0.667. The number of carbonyl (C=O) groups is 2. The normalized spacial score (nSPS) is 27.4. The maximum Gasteiger partial charge on any atom is 0.410 e. The van der Waals surface area contributed by atoms with Gasteiger partial charge in [-0.1, -0.05) is 6.92 Å². The number of hydrogen-bond donors (Lipinski definition) is 1. The molecule has 1 N–H and O–H groups in total. The number of fused-ring (bicyclic) bond motifs is 3. The van der Waals surface area contributed by atoms with E-state index in [2.05, 4.69) is 20.2 Å². The zero-order valence-corrected chi connectivity index (χ0v) is 15.7. The number of piperazine rings is 1. The van der Waals surface area contributed by atoms with Crippen LogP contribution in [-0.2, 0) is 9.53 Å². The second-order valence-electron chi connectivity index (χ2n) is 8.44. The van der Waals surface area contributed by atoms with Crippen molar-refractivity contribution in [1.29, 1.82) is 0 Å². The van der Waals surface area contributed by atoms with Crippen LogP contribution in [0, 0.1) is 0 Å². The number of hydrogen-bond acceptors (Lipinski definition) is 6. The minimum atomic E-state index is -0.488. The van der Waals surface area contributed by atoms with Crippen LogP contribution in [0.1, 0.15) is 52.0 Å². The van der Waals surface area contributed by atoms with Crippen LogP contribution < -0.4 is 10.2 Å². The van der Waals surface area contributed by atoms with Crippen molar-refractivity contribution in [3.63, 3.8) is 0 Å². The molecule has 1 aromatic heterocycles. The van der Waals surface area contributed by atoms with Gasteiger partial charge >= 0.3 is 6.09 Å². The lowest BCUT2D eigenvalue weighted by atomic mass is 9.94. The van der Waals surface area contributed by atoms with Crippen molar-refractivity contribution < 1.29 is 14.3 Å². The molecule has 0 aliphatic carbocycles. The van der Waals surface area contributed by atoms with E-state index in [9.17, 15) is 9.59 Å². The van der Waals surface area contributed by atoms with Gasteiger partial charge in [-0.3, -0.25) is 4.79 Å². The maximum absolute atomic E-state index is 12.4. The van der Waals surface area contributed by atoms with E-state index in [1.54, 1.807) is 0 Å². The molecule has 3 atom stereocenters. The Kier molecular flexibility index (Phi) is 3.82. The van der Waals surface area contributed by atoms with Gasteiger partial charge in [0.25, 0.3) is 0 Å². The molecule has 3 aliphatic heterocycles. The fourth-order valence-electron chi connectivity index (χ4n) is 4.20. The van der Waals surface area contributed by atoms with Gasteiger partial charge in [-0.15, -0.1) is 0 Å². The Bertz CT molecular complexity index is 760. The molecule has 26 heavy (non-hydrogen) atoms. The second-order valence-corrected chi connectivity index (χ2v) is 8.44. The third-order valence-electron chi connectivity index (χ3n) is 5.25. The summed E-state index contributed by atoms with van der Waals surface area (Å²) in [5.41, 5.74) is 0.515. The number of likely N-dealkylation sites (tertiary alicyclic amines) is 1. The molecule has 2 saturated heterocycles. The number of ether oxygens (including phenoxy) is 1. The first-order valence-corrected chi connectivity index (χ1v) is 9.14. The first-order chi connectivity index (χ1) is 12.2. The van der Waals surface area contributed by atoms with E-state index in [0.29, 0.717) is 18.8 Å². The molecule has 2 amide bonds. The molecule has 4 heterocycles. The predicted molar refractivity (Wildman–Crippen MR) is 96.2 cm³/mol. The van der Waals surface area contributed by atoms with Crippen LogP contribution >= 0.6 is 0 Å². The summed E-state index contributed by atoms with van der Waals surface area (Å²) in [5, 5.41) is 2.85. The standard InChI is InChI=1S/C18H25N5O3/c1-10-5-13(24)21-15-14(10)16(20-9-19-15)22-7-12-6-11(22)8-23(12)17(25)26-18(2,3)4/h9-12H,5-8H2,1-4H3,(H,19,20,21,24)/t10-,11?,12?/m1/s1. The van der Waals surface area contributed by atoms with Gasteiger partial charge in [0.2, 0.25) is 5.91 Å². The van der Waals surface area contributed by atoms with Crippen molar-refractivity contribution in [2.24, 2.45) is 0 Å². The lowest BCUT2D eigenvalue weighted by Crippen LogP contribution is -2.50. The highest BCUT2D eigenvalue weighted by atomic mass is 16.6. The molecule has 140 valence electrons. The SMILES string of the molecule is C[C@@H]1CC(=O)Nc2ncnc(N3CC4CC3CN4C(=O)OC(C)(C)C)c21. The van der Waals surface area contributed by atoms with Crippen LogP contribution in [0.5, 0.6) is 0 Å². The molecule has 8 heteroatoms. The Hall–Kier alpha value is -2.38. The molecule has 2 unspecified atom stereocenters. The van der Waals surface area contributed by atoms with Crippen LogP contribution in [-0.4, -0.2) is 57.6 Å². The van der Waals surface area contributed by atoms with Crippen LogP contribution in [0.2, 0.25) is 0 Å². The molecule has 0 radical (unpaired) electrons. The van der Waals surface area contributed by atoms with Crippen molar-refractivity contribution in [2.45, 2.75) is 64.1 Å². The molecule has 4 rings (SSSR count). The highest BCUT2D eigenvalue weighted by Gasteiger charge is 2.48. The van der Waals surface area contributed by atoms with Gasteiger partial charge in [-0.25, -0.2) is 14.8 Å². The largest absolute Gasteiger partial charge is 0.444 e. The van der Waals surface area contributed by atoms with E-state index < -0.39 is 5.60 Å². The van der Waals surface area contributed by atoms with Gasteiger partial charge in [-0.05, 0) is 33.1 Å². The minimum Gasteiger partial charge on any atom is -0.444 e. The molecule has 0 aromatic carbocycles. The van der Waals surface area contributed by atoms with Crippen molar-refractivity contribution >= 4 is 23.6 Å². The lowest BCUT2D eigenvalue weighted by Gasteiger charge is -2.37. The second kappa shape index (κ2) is 5.82. The summed E-state index contributed by atoms with van der Waals surface area (Å²) < 4.78 is 5.53. The third kappa shape index (κ3) is 2.87. The van der Waals surface area contributed by atoms with E-state index in [0.717, 1.165) is 24.3 Å². The van der Waals surface area contributed by atoms with E-state index in [4.69, 9.17) is 4.74 Å². The van der Waals surface area contributed by atoms with Gasteiger partial charge in [0.1, 0.15) is 23.6 Å². The van der Waals surface area contributed by atoms with Gasteiger partial charge in [0, 0.05) is 25.1 Å². The molecular weight excluding hydrogens is 334 g/mol. The number of rotatable bonds is 1. The van der Waals surface area contributed by atoms with E-state index >= 15 is 0 Å². The van der Waals surface area contributed by atoms with E-state index in [-0.39, 0.29) is 30.0 Å². The highest BCUT2D eigenvalue weighted by molar-refractivity contribution is 5.94. The van der Waals surface area contributed by atoms with Crippen LogP contribution in [0.15, 0.2) is 6.33 Å². The van der Waals surface area contributed by atoms with Crippen molar-refractivity contribution in [2.75, 3.05) is 23.3 Å². The number of carbonyl (C=O) groups excluding carboxylic acids is 2. The van der Waals surface area contributed by atoms with Crippen molar-refractivity contribution in [3.05, 3.63) is 11.9 Å². The molecule has 0 spiro atoms. The monoisotopic (exact) mass is 359 g/mol. The smallest absolute Gasteiger partial charge is 0.410 e. The molecule has 8 nitrogen and oxygen atoms in total. The Morgan fingerprint density at radius 1 is 1.27 bits per heavy atom. The van der Waals surface area contributed by atoms with Gasteiger partial charge in [0.05, 0.1) is 12.1 Å². The maximum atomic E-state index is 12.4. The Morgan fingerprint density at radius 3 is 2.69 bits per heavy atom. The average molecular weight is 359 g/mol. The highest BCUT2D eigenvalue weighted by Crippen LogP contribution is 2.41. The summed E-state index contributed by atoms with van der Waals surface area (Å²) >= 11 is 0. The summed E-state index contributed by atoms with van der Waals surface area (Å²) in [5.74, 6) is 1.58. The lowest BCUT2D eigenvalue weighted by molar-refractivity contribution is -0.116. The number of nitrogens with zero attached hydrogens (tertiary/aromatic N) is 4. The van der Waals surface area contributed by atoms with Gasteiger partial charge < -0.3 is 19.9 Å². The predicted octanol–water partition coefficient (Wildman–Crippen LogP) is 2.12. The zero-order chi connectivity index (χ0) is 18.6. The number of nitrogens with one attached hydrogen (secondary N) is 1. The van der Waals surface area contributed by atoms with Crippen LogP contribution in [0.3, 0.4) is 0 Å². The molecule has 0 saturated carbocycles. The number of anilines is 2. The molecule has 3 aliphatic rings. The quantitative estimate of drug-likeness (QED) is 0.826. The van der Waals surface area contributed by atoms with Gasteiger partial charge in [-0.2, -0.15) is 0 Å². The Balaban J connectivity index is 1.54. The topological polar surface area (TPSA) is 87.7 Å². The van der Waals surface area contributed by atoms with E-state index in [1.165, 1.54) is 6.33 Å². The van der Waals surface area contributed by atoms with Crippen molar-refractivity contribution in [1.82, 2.24) is 14.9 Å².